The number of benzene rings is 1. The fourth-order valence-corrected chi connectivity index (χ4v) is 1.72. The third-order valence-electron chi connectivity index (χ3n) is 2.35. The highest BCUT2D eigenvalue weighted by atomic mass is 79.9. The molecule has 15 heavy (non-hydrogen) atoms. The van der Waals surface area contributed by atoms with Crippen LogP contribution in [0.1, 0.15) is 5.82 Å². The molecule has 0 aliphatic heterocycles. The van der Waals surface area contributed by atoms with Crippen LogP contribution in [0.3, 0.4) is 0 Å². The third-order valence-corrected chi connectivity index (χ3v) is 2.84. The van der Waals surface area contributed by atoms with Crippen molar-refractivity contribution in [1.29, 1.82) is 0 Å². The fourth-order valence-electron chi connectivity index (χ4n) is 1.36. The Bertz CT molecular complexity index is 504. The number of nitrogen functional groups attached to an aromatic ring is 1. The first-order valence-electron chi connectivity index (χ1n) is 4.51. The molecule has 78 valence electrons. The van der Waals surface area contributed by atoms with E-state index < -0.39 is 0 Å². The smallest absolute Gasteiger partial charge is 0.165 e. The molecule has 1 heterocycles. The predicted octanol–water partition coefficient (Wildman–Crippen LogP) is 2.14. The Labute approximate surface area is 96.3 Å². The molecule has 0 radical (unpaired) electrons. The molecule has 1 aromatic carbocycles. The zero-order valence-electron chi connectivity index (χ0n) is 8.53. The zero-order chi connectivity index (χ0) is 11.0. The summed E-state index contributed by atoms with van der Waals surface area (Å²) in [6.45, 7) is 1.91. The van der Waals surface area contributed by atoms with Crippen molar-refractivity contribution < 1.29 is 0 Å². The van der Waals surface area contributed by atoms with Crippen molar-refractivity contribution in [3.05, 3.63) is 28.5 Å². The first-order valence-corrected chi connectivity index (χ1v) is 5.30. The first kappa shape index (κ1) is 10.2. The molecule has 0 saturated carbocycles. The van der Waals surface area contributed by atoms with Crippen molar-refractivity contribution in [2.45, 2.75) is 6.92 Å². The highest BCUT2D eigenvalue weighted by molar-refractivity contribution is 9.10. The van der Waals surface area contributed by atoms with E-state index in [0.29, 0.717) is 5.69 Å². The number of hydrogen-bond donors (Lipinski definition) is 1. The van der Waals surface area contributed by atoms with Gasteiger partial charge in [-0.15, -0.1) is 10.2 Å². The second-order valence-electron chi connectivity index (χ2n) is 3.36. The van der Waals surface area contributed by atoms with E-state index in [2.05, 4.69) is 26.1 Å². The molecule has 0 fully saturated rings. The van der Waals surface area contributed by atoms with E-state index in [-0.39, 0.29) is 0 Å². The maximum atomic E-state index is 5.90. The number of halogens is 1. The molecule has 0 aliphatic rings. The number of hydrogen-bond acceptors (Lipinski definition) is 3. The third kappa shape index (κ3) is 1.74. The molecule has 0 bridgehead atoms. The van der Waals surface area contributed by atoms with Crippen molar-refractivity contribution in [3.8, 4) is 11.4 Å². The second kappa shape index (κ2) is 3.66. The van der Waals surface area contributed by atoms with Gasteiger partial charge >= 0.3 is 0 Å². The van der Waals surface area contributed by atoms with Gasteiger partial charge in [-0.2, -0.15) is 0 Å². The van der Waals surface area contributed by atoms with Gasteiger partial charge in [0.05, 0.1) is 0 Å². The standard InChI is InChI=1S/C10H11BrN4/c1-6-13-14-10(15(6)2)8-5-7(11)3-4-9(8)12/h3-5H,12H2,1-2H3. The Morgan fingerprint density at radius 1 is 1.33 bits per heavy atom. The molecule has 0 saturated heterocycles. The molecule has 4 nitrogen and oxygen atoms in total. The van der Waals surface area contributed by atoms with Crippen LogP contribution in [-0.2, 0) is 7.05 Å². The Morgan fingerprint density at radius 2 is 2.07 bits per heavy atom. The van der Waals surface area contributed by atoms with Crippen LogP contribution in [0, 0.1) is 6.92 Å². The lowest BCUT2D eigenvalue weighted by atomic mass is 10.1. The first-order chi connectivity index (χ1) is 7.09. The summed E-state index contributed by atoms with van der Waals surface area (Å²) in [7, 11) is 1.92. The van der Waals surface area contributed by atoms with Crippen LogP contribution in [0.25, 0.3) is 11.4 Å². The highest BCUT2D eigenvalue weighted by Gasteiger charge is 2.10. The van der Waals surface area contributed by atoms with Gasteiger partial charge in [-0.1, -0.05) is 15.9 Å². The normalized spacial score (nSPS) is 10.6. The maximum absolute atomic E-state index is 5.90. The van der Waals surface area contributed by atoms with Crippen molar-refractivity contribution in [2.24, 2.45) is 7.05 Å². The summed E-state index contributed by atoms with van der Waals surface area (Å²) in [6.07, 6.45) is 0. The van der Waals surface area contributed by atoms with E-state index in [1.165, 1.54) is 0 Å². The zero-order valence-corrected chi connectivity index (χ0v) is 10.1. The van der Waals surface area contributed by atoms with E-state index >= 15 is 0 Å². The SMILES string of the molecule is Cc1nnc(-c2cc(Br)ccc2N)n1C. The van der Waals surface area contributed by atoms with Gasteiger partial charge in [0, 0.05) is 22.8 Å². The van der Waals surface area contributed by atoms with Crippen LogP contribution in [0.2, 0.25) is 0 Å². The lowest BCUT2D eigenvalue weighted by Crippen LogP contribution is -1.98. The Morgan fingerprint density at radius 3 is 2.67 bits per heavy atom. The molecule has 2 aromatic rings. The topological polar surface area (TPSA) is 56.7 Å². The number of nitrogens with zero attached hydrogens (tertiary/aromatic N) is 3. The predicted molar refractivity (Wildman–Crippen MR) is 63.3 cm³/mol. The van der Waals surface area contributed by atoms with Crippen molar-refractivity contribution in [1.82, 2.24) is 14.8 Å². The average molecular weight is 267 g/mol. The van der Waals surface area contributed by atoms with Gasteiger partial charge in [0.2, 0.25) is 0 Å². The van der Waals surface area contributed by atoms with Crippen LogP contribution in [0.5, 0.6) is 0 Å². The van der Waals surface area contributed by atoms with E-state index in [0.717, 1.165) is 21.7 Å². The van der Waals surface area contributed by atoms with E-state index in [9.17, 15) is 0 Å². The lowest BCUT2D eigenvalue weighted by Gasteiger charge is -2.05. The Hall–Kier alpha value is -1.36. The van der Waals surface area contributed by atoms with Crippen LogP contribution < -0.4 is 5.73 Å². The fraction of sp³-hybridized carbons (Fsp3) is 0.200. The molecule has 0 spiro atoms. The second-order valence-corrected chi connectivity index (χ2v) is 4.28. The van der Waals surface area contributed by atoms with Gasteiger partial charge in [-0.25, -0.2) is 0 Å². The van der Waals surface area contributed by atoms with Gasteiger partial charge in [-0.3, -0.25) is 0 Å². The number of anilines is 1. The Kier molecular flexibility index (Phi) is 2.48. The molecule has 5 heteroatoms. The lowest BCUT2D eigenvalue weighted by molar-refractivity contribution is 0.865. The summed E-state index contributed by atoms with van der Waals surface area (Å²) in [5, 5.41) is 8.11. The van der Waals surface area contributed by atoms with Gasteiger partial charge < -0.3 is 10.3 Å². The molecular formula is C10H11BrN4. The quantitative estimate of drug-likeness (QED) is 0.805. The number of rotatable bonds is 1. The summed E-state index contributed by atoms with van der Waals surface area (Å²) >= 11 is 3.41. The van der Waals surface area contributed by atoms with Gasteiger partial charge in [-0.05, 0) is 25.1 Å². The molecule has 1 aromatic heterocycles. The van der Waals surface area contributed by atoms with Crippen LogP contribution in [0.4, 0.5) is 5.69 Å². The average Bonchev–Trinajstić information content (AvgIpc) is 2.52. The monoisotopic (exact) mass is 266 g/mol. The van der Waals surface area contributed by atoms with Crippen LogP contribution >= 0.6 is 15.9 Å². The van der Waals surface area contributed by atoms with E-state index in [4.69, 9.17) is 5.73 Å². The van der Waals surface area contributed by atoms with Crippen LogP contribution in [-0.4, -0.2) is 14.8 Å². The summed E-state index contributed by atoms with van der Waals surface area (Å²) < 4.78 is 2.89. The largest absolute Gasteiger partial charge is 0.398 e. The Balaban J connectivity index is 2.63. The van der Waals surface area contributed by atoms with Gasteiger partial charge in [0.25, 0.3) is 0 Å². The van der Waals surface area contributed by atoms with E-state index in [1.54, 1.807) is 0 Å². The van der Waals surface area contributed by atoms with Crippen LogP contribution in [0.15, 0.2) is 22.7 Å². The minimum Gasteiger partial charge on any atom is -0.398 e. The summed E-state index contributed by atoms with van der Waals surface area (Å²) in [4.78, 5) is 0. The summed E-state index contributed by atoms with van der Waals surface area (Å²) in [5.41, 5.74) is 7.50. The summed E-state index contributed by atoms with van der Waals surface area (Å²) in [5.74, 6) is 1.65. The summed E-state index contributed by atoms with van der Waals surface area (Å²) in [6, 6.07) is 5.70. The molecule has 0 amide bonds. The molecule has 0 aliphatic carbocycles. The molecule has 0 atom stereocenters. The van der Waals surface area contributed by atoms with Crippen molar-refractivity contribution >= 4 is 21.6 Å². The molecule has 2 N–H and O–H groups in total. The minimum atomic E-state index is 0.703. The molecule has 2 rings (SSSR count). The minimum absolute atomic E-state index is 0.703. The highest BCUT2D eigenvalue weighted by Crippen LogP contribution is 2.27. The van der Waals surface area contributed by atoms with Gasteiger partial charge in [0.1, 0.15) is 5.82 Å². The molecule has 0 unspecified atom stereocenters. The number of aromatic nitrogens is 3. The number of aryl methyl sites for hydroxylation is 1. The van der Waals surface area contributed by atoms with Crippen molar-refractivity contribution in [2.75, 3.05) is 5.73 Å². The molecular weight excluding hydrogens is 256 g/mol. The van der Waals surface area contributed by atoms with E-state index in [1.807, 2.05) is 36.7 Å². The van der Waals surface area contributed by atoms with Crippen molar-refractivity contribution in [3.63, 3.8) is 0 Å². The maximum Gasteiger partial charge on any atom is 0.165 e. The van der Waals surface area contributed by atoms with Gasteiger partial charge in [0.15, 0.2) is 5.82 Å². The number of nitrogens with two attached hydrogens (primary N) is 1.